The van der Waals surface area contributed by atoms with Gasteiger partial charge in [-0.3, -0.25) is 0 Å². The van der Waals surface area contributed by atoms with E-state index in [1.54, 1.807) is 0 Å². The number of ether oxygens (including phenoxy) is 2. The van der Waals surface area contributed by atoms with E-state index in [2.05, 4.69) is 26.8 Å². The summed E-state index contributed by atoms with van der Waals surface area (Å²) in [6.45, 7) is 3.25. The van der Waals surface area contributed by atoms with Crippen molar-refractivity contribution < 1.29 is 9.47 Å². The van der Waals surface area contributed by atoms with E-state index in [9.17, 15) is 0 Å². The van der Waals surface area contributed by atoms with Crippen molar-refractivity contribution in [3.8, 4) is 18.1 Å². The summed E-state index contributed by atoms with van der Waals surface area (Å²) in [4.78, 5) is 2.90. The SMILES string of the molecule is C#CCOc1ccc(Br)cc1C(=S)N1CCOCC1. The lowest BCUT2D eigenvalue weighted by Crippen LogP contribution is -2.40. The summed E-state index contributed by atoms with van der Waals surface area (Å²) >= 11 is 9.01. The van der Waals surface area contributed by atoms with Crippen molar-refractivity contribution in [1.82, 2.24) is 4.90 Å². The minimum atomic E-state index is 0.236. The van der Waals surface area contributed by atoms with Gasteiger partial charge in [0.1, 0.15) is 17.3 Å². The molecule has 1 fully saturated rings. The summed E-state index contributed by atoms with van der Waals surface area (Å²) in [6.07, 6.45) is 5.23. The Morgan fingerprint density at radius 3 is 2.89 bits per heavy atom. The van der Waals surface area contributed by atoms with Gasteiger partial charge in [0.25, 0.3) is 0 Å². The average Bonchev–Trinajstić information content (AvgIpc) is 2.46. The minimum absolute atomic E-state index is 0.236. The predicted molar refractivity (Wildman–Crippen MR) is 82.6 cm³/mol. The lowest BCUT2D eigenvalue weighted by atomic mass is 10.2. The van der Waals surface area contributed by atoms with Gasteiger partial charge in [0.15, 0.2) is 0 Å². The normalized spacial score (nSPS) is 14.8. The van der Waals surface area contributed by atoms with Crippen molar-refractivity contribution in [2.24, 2.45) is 0 Å². The maximum atomic E-state index is 5.56. The molecule has 0 amide bonds. The Morgan fingerprint density at radius 1 is 1.47 bits per heavy atom. The first kappa shape index (κ1) is 14.3. The molecule has 100 valence electrons. The molecule has 0 unspecified atom stereocenters. The Balaban J connectivity index is 2.23. The highest BCUT2D eigenvalue weighted by molar-refractivity contribution is 9.10. The second kappa shape index (κ2) is 6.90. The molecule has 1 aromatic carbocycles. The van der Waals surface area contributed by atoms with E-state index in [4.69, 9.17) is 28.1 Å². The summed E-state index contributed by atoms with van der Waals surface area (Å²) in [5.41, 5.74) is 0.890. The highest BCUT2D eigenvalue weighted by Crippen LogP contribution is 2.25. The maximum absolute atomic E-state index is 5.56. The highest BCUT2D eigenvalue weighted by Gasteiger charge is 2.18. The summed E-state index contributed by atoms with van der Waals surface area (Å²) in [6, 6.07) is 5.75. The fourth-order valence-electron chi connectivity index (χ4n) is 1.85. The summed E-state index contributed by atoms with van der Waals surface area (Å²) in [5.74, 6) is 3.19. The molecular weight excluding hydrogens is 326 g/mol. The van der Waals surface area contributed by atoms with Crippen LogP contribution in [0, 0.1) is 12.3 Å². The number of benzene rings is 1. The van der Waals surface area contributed by atoms with Crippen LogP contribution in [-0.2, 0) is 4.74 Å². The van der Waals surface area contributed by atoms with Gasteiger partial charge in [-0.05, 0) is 18.2 Å². The van der Waals surface area contributed by atoms with E-state index < -0.39 is 0 Å². The summed E-state index contributed by atoms with van der Waals surface area (Å²) in [5, 5.41) is 0. The number of rotatable bonds is 3. The molecule has 0 aliphatic carbocycles. The van der Waals surface area contributed by atoms with Crippen molar-refractivity contribution in [2.75, 3.05) is 32.9 Å². The quantitative estimate of drug-likeness (QED) is 0.623. The molecule has 0 bridgehead atoms. The molecule has 1 aliphatic rings. The molecule has 0 atom stereocenters. The van der Waals surface area contributed by atoms with Gasteiger partial charge in [-0.2, -0.15) is 0 Å². The Labute approximate surface area is 127 Å². The van der Waals surface area contributed by atoms with E-state index in [0.29, 0.717) is 13.2 Å². The minimum Gasteiger partial charge on any atom is -0.480 e. The van der Waals surface area contributed by atoms with Crippen LogP contribution in [0.15, 0.2) is 22.7 Å². The molecule has 1 saturated heterocycles. The second-order valence-electron chi connectivity index (χ2n) is 4.04. The fourth-order valence-corrected chi connectivity index (χ4v) is 2.55. The molecule has 0 radical (unpaired) electrons. The predicted octanol–water partition coefficient (Wildman–Crippen LogP) is 2.47. The third-order valence-corrected chi connectivity index (χ3v) is 3.75. The largest absolute Gasteiger partial charge is 0.480 e. The van der Waals surface area contributed by atoms with Crippen LogP contribution in [0.3, 0.4) is 0 Å². The van der Waals surface area contributed by atoms with Gasteiger partial charge in [-0.1, -0.05) is 34.1 Å². The first-order valence-corrected chi connectivity index (χ1v) is 7.15. The zero-order chi connectivity index (χ0) is 13.7. The molecule has 19 heavy (non-hydrogen) atoms. The van der Waals surface area contributed by atoms with Crippen LogP contribution >= 0.6 is 28.1 Å². The van der Waals surface area contributed by atoms with Crippen molar-refractivity contribution in [3.05, 3.63) is 28.2 Å². The molecule has 1 aromatic rings. The lowest BCUT2D eigenvalue weighted by molar-refractivity contribution is 0.0692. The average molecular weight is 340 g/mol. The molecule has 0 aromatic heterocycles. The number of thiocarbonyl (C=S) groups is 1. The smallest absolute Gasteiger partial charge is 0.148 e. The zero-order valence-corrected chi connectivity index (χ0v) is 12.8. The molecule has 2 rings (SSSR count). The Morgan fingerprint density at radius 2 is 2.21 bits per heavy atom. The maximum Gasteiger partial charge on any atom is 0.148 e. The van der Waals surface area contributed by atoms with Crippen LogP contribution in [0.2, 0.25) is 0 Å². The monoisotopic (exact) mass is 339 g/mol. The lowest BCUT2D eigenvalue weighted by Gasteiger charge is -2.29. The van der Waals surface area contributed by atoms with Gasteiger partial charge in [0, 0.05) is 17.6 Å². The topological polar surface area (TPSA) is 21.7 Å². The molecule has 1 heterocycles. The summed E-state index contributed by atoms with van der Waals surface area (Å²) in [7, 11) is 0. The number of halogens is 1. The molecule has 3 nitrogen and oxygen atoms in total. The molecule has 5 heteroatoms. The molecule has 0 N–H and O–H groups in total. The molecule has 1 aliphatic heterocycles. The Bertz CT molecular complexity index is 507. The Hall–Kier alpha value is -1.09. The number of morpholine rings is 1. The van der Waals surface area contributed by atoms with Gasteiger partial charge in [0.05, 0.1) is 18.8 Å². The summed E-state index contributed by atoms with van der Waals surface area (Å²) < 4.78 is 11.9. The van der Waals surface area contributed by atoms with Gasteiger partial charge in [-0.25, -0.2) is 0 Å². The van der Waals surface area contributed by atoms with E-state index in [1.807, 2.05) is 18.2 Å². The van der Waals surface area contributed by atoms with Crippen molar-refractivity contribution in [3.63, 3.8) is 0 Å². The van der Waals surface area contributed by atoms with Gasteiger partial charge < -0.3 is 14.4 Å². The first-order valence-electron chi connectivity index (χ1n) is 5.95. The number of terminal acetylenes is 1. The van der Waals surface area contributed by atoms with Crippen molar-refractivity contribution >= 4 is 33.1 Å². The van der Waals surface area contributed by atoms with Crippen molar-refractivity contribution in [1.29, 1.82) is 0 Å². The van der Waals surface area contributed by atoms with Gasteiger partial charge >= 0.3 is 0 Å². The fraction of sp³-hybridized carbons (Fsp3) is 0.357. The highest BCUT2D eigenvalue weighted by atomic mass is 79.9. The van der Waals surface area contributed by atoms with Crippen LogP contribution in [0.5, 0.6) is 5.75 Å². The van der Waals surface area contributed by atoms with Crippen LogP contribution in [0.4, 0.5) is 0 Å². The van der Waals surface area contributed by atoms with Crippen LogP contribution < -0.4 is 4.74 Å². The first-order chi connectivity index (χ1) is 9.22. The van der Waals surface area contributed by atoms with E-state index in [-0.39, 0.29) is 6.61 Å². The van der Waals surface area contributed by atoms with Gasteiger partial charge in [0.2, 0.25) is 0 Å². The van der Waals surface area contributed by atoms with Crippen molar-refractivity contribution in [2.45, 2.75) is 0 Å². The standard InChI is InChI=1S/C14H14BrNO2S/c1-2-7-18-13-4-3-11(15)10-12(13)14(19)16-5-8-17-9-6-16/h1,3-4,10H,5-9H2. The van der Waals surface area contributed by atoms with Crippen LogP contribution in [-0.4, -0.2) is 42.8 Å². The number of nitrogens with zero attached hydrogens (tertiary/aromatic N) is 1. The zero-order valence-electron chi connectivity index (χ0n) is 10.4. The van der Waals surface area contributed by atoms with E-state index in [1.165, 1.54) is 0 Å². The van der Waals surface area contributed by atoms with Gasteiger partial charge in [-0.15, -0.1) is 6.42 Å². The van der Waals surface area contributed by atoms with Crippen LogP contribution in [0.25, 0.3) is 0 Å². The third-order valence-electron chi connectivity index (χ3n) is 2.78. The Kier molecular flexibility index (Phi) is 5.20. The second-order valence-corrected chi connectivity index (χ2v) is 5.34. The molecular formula is C14H14BrNO2S. The van der Waals surface area contributed by atoms with E-state index in [0.717, 1.165) is 33.9 Å². The van der Waals surface area contributed by atoms with Crippen LogP contribution in [0.1, 0.15) is 5.56 Å². The third kappa shape index (κ3) is 3.69. The number of hydrogen-bond donors (Lipinski definition) is 0. The van der Waals surface area contributed by atoms with E-state index >= 15 is 0 Å². The molecule has 0 spiro atoms. The number of hydrogen-bond acceptors (Lipinski definition) is 3. The molecule has 0 saturated carbocycles.